The molecule has 162 valence electrons. The Bertz CT molecular complexity index is 831. The number of ether oxygens (including phenoxy) is 1. The fourth-order valence-electron chi connectivity index (χ4n) is 3.18. The molecule has 0 bridgehead atoms. The minimum absolute atomic E-state index is 0.129. The first-order valence-electron chi connectivity index (χ1n) is 9.49. The molecule has 0 radical (unpaired) electrons. The topological polar surface area (TPSA) is 67.3 Å². The Hall–Kier alpha value is -2.75. The molecule has 2 heterocycles. The molecule has 0 spiro atoms. The van der Waals surface area contributed by atoms with Crippen LogP contribution in [0.5, 0.6) is 0 Å². The molecule has 0 atom stereocenters. The summed E-state index contributed by atoms with van der Waals surface area (Å²) in [5.74, 6) is -3.70. The number of amides is 1. The van der Waals surface area contributed by atoms with Gasteiger partial charge in [-0.25, -0.2) is 13.8 Å². The maximum absolute atomic E-state index is 12.9. The van der Waals surface area contributed by atoms with Gasteiger partial charge < -0.3 is 15.0 Å². The summed E-state index contributed by atoms with van der Waals surface area (Å²) in [6.07, 6.45) is 2.46. The van der Waals surface area contributed by atoms with Gasteiger partial charge in [-0.1, -0.05) is 12.1 Å². The van der Waals surface area contributed by atoms with E-state index in [1.807, 2.05) is 0 Å². The highest BCUT2D eigenvalue weighted by molar-refractivity contribution is 5.92. The van der Waals surface area contributed by atoms with E-state index in [1.165, 1.54) is 0 Å². The number of carbonyl (C=O) groups is 1. The summed E-state index contributed by atoms with van der Waals surface area (Å²) in [4.78, 5) is 23.0. The van der Waals surface area contributed by atoms with Gasteiger partial charge in [-0.2, -0.15) is 8.78 Å². The Morgan fingerprint density at radius 2 is 2.03 bits per heavy atom. The third-order valence-electron chi connectivity index (χ3n) is 4.82. The van der Waals surface area contributed by atoms with E-state index in [4.69, 9.17) is 4.74 Å². The molecule has 1 amide bonds. The molecule has 2 aromatic rings. The van der Waals surface area contributed by atoms with E-state index in [0.717, 1.165) is 5.82 Å². The van der Waals surface area contributed by atoms with Crippen molar-refractivity contribution >= 4 is 17.4 Å². The second-order valence-corrected chi connectivity index (χ2v) is 7.07. The number of nitrogens with one attached hydrogen (secondary N) is 1. The molecule has 6 nitrogen and oxygen atoms in total. The van der Waals surface area contributed by atoms with Crippen LogP contribution in [0.2, 0.25) is 0 Å². The Balaban J connectivity index is 1.48. The molecule has 3 rings (SSSR count). The normalized spacial score (nSPS) is 15.4. The van der Waals surface area contributed by atoms with Gasteiger partial charge in [-0.3, -0.25) is 9.78 Å². The molecule has 1 fully saturated rings. The number of hydrogen-bond donors (Lipinski definition) is 1. The van der Waals surface area contributed by atoms with Gasteiger partial charge in [0, 0.05) is 37.1 Å². The molecule has 10 heteroatoms. The summed E-state index contributed by atoms with van der Waals surface area (Å²) in [5, 5.41) is 2.82. The minimum atomic E-state index is -4.19. The Morgan fingerprint density at radius 3 is 2.70 bits per heavy atom. The smallest absolute Gasteiger partial charge is 0.330 e. The monoisotopic (exact) mass is 426 g/mol. The largest absolute Gasteiger partial charge is 0.370 e. The number of hydrogen-bond acceptors (Lipinski definition) is 5. The molecule has 1 aliphatic rings. The van der Waals surface area contributed by atoms with E-state index < -0.39 is 19.0 Å². The van der Waals surface area contributed by atoms with E-state index in [1.54, 1.807) is 42.9 Å². The third kappa shape index (κ3) is 5.88. The first kappa shape index (κ1) is 21.9. The van der Waals surface area contributed by atoms with Crippen LogP contribution in [0.1, 0.15) is 18.4 Å². The van der Waals surface area contributed by atoms with Crippen molar-refractivity contribution in [2.24, 2.45) is 5.92 Å². The van der Waals surface area contributed by atoms with Crippen LogP contribution in [0.3, 0.4) is 0 Å². The van der Waals surface area contributed by atoms with Crippen molar-refractivity contribution in [3.63, 3.8) is 0 Å². The molecule has 0 saturated carbocycles. The number of alkyl halides is 4. The number of carbonyl (C=O) groups excluding carboxylic acids is 1. The van der Waals surface area contributed by atoms with Crippen LogP contribution in [0.15, 0.2) is 42.9 Å². The summed E-state index contributed by atoms with van der Waals surface area (Å²) in [6.45, 7) is -0.264. The molecular weight excluding hydrogens is 404 g/mol. The van der Waals surface area contributed by atoms with Gasteiger partial charge in [-0.05, 0) is 30.5 Å². The van der Waals surface area contributed by atoms with Crippen LogP contribution >= 0.6 is 0 Å². The first-order valence-corrected chi connectivity index (χ1v) is 9.49. The number of benzene rings is 1. The molecule has 1 N–H and O–H groups in total. The van der Waals surface area contributed by atoms with Crippen molar-refractivity contribution in [1.82, 2.24) is 9.97 Å². The van der Waals surface area contributed by atoms with Crippen LogP contribution in [-0.4, -0.2) is 47.9 Å². The fourth-order valence-corrected chi connectivity index (χ4v) is 3.18. The summed E-state index contributed by atoms with van der Waals surface area (Å²) in [7, 11) is 0. The highest BCUT2D eigenvalue weighted by atomic mass is 19.3. The van der Waals surface area contributed by atoms with Gasteiger partial charge in [0.15, 0.2) is 0 Å². The molecule has 0 aliphatic carbocycles. The summed E-state index contributed by atoms with van der Waals surface area (Å²) < 4.78 is 54.8. The van der Waals surface area contributed by atoms with Gasteiger partial charge in [0.2, 0.25) is 5.91 Å². The van der Waals surface area contributed by atoms with E-state index >= 15 is 0 Å². The Morgan fingerprint density at radius 1 is 1.27 bits per heavy atom. The predicted octanol–water partition coefficient (Wildman–Crippen LogP) is 3.75. The standard InChI is InChI=1S/C20H22F4N4O2/c21-19(22)20(23,24)13-30-12-14-2-1-3-16(10-14)27-18(29)15-4-8-28(9-5-15)17-11-25-6-7-26-17/h1-3,6-7,10-11,15,19H,4-5,8-9,12-13H2,(H,27,29). The lowest BCUT2D eigenvalue weighted by Gasteiger charge is -2.31. The number of aromatic nitrogens is 2. The quantitative estimate of drug-likeness (QED) is 0.652. The summed E-state index contributed by atoms with van der Waals surface area (Å²) >= 11 is 0. The molecule has 1 saturated heterocycles. The molecule has 1 aromatic carbocycles. The number of anilines is 2. The highest BCUT2D eigenvalue weighted by Crippen LogP contribution is 2.25. The van der Waals surface area contributed by atoms with Crippen LogP contribution in [0, 0.1) is 5.92 Å². The molecular formula is C20H22F4N4O2. The average molecular weight is 426 g/mol. The van der Waals surface area contributed by atoms with Gasteiger partial charge in [0.25, 0.3) is 0 Å². The molecule has 1 aliphatic heterocycles. The van der Waals surface area contributed by atoms with Crippen molar-refractivity contribution < 1.29 is 27.1 Å². The first-order chi connectivity index (χ1) is 14.3. The van der Waals surface area contributed by atoms with Crippen molar-refractivity contribution in [3.8, 4) is 0 Å². The number of piperidine rings is 1. The lowest BCUT2D eigenvalue weighted by molar-refractivity contribution is -0.168. The van der Waals surface area contributed by atoms with Crippen LogP contribution in [0.25, 0.3) is 0 Å². The second kappa shape index (κ2) is 9.84. The number of nitrogens with zero attached hydrogens (tertiary/aromatic N) is 3. The maximum atomic E-state index is 12.9. The lowest BCUT2D eigenvalue weighted by Crippen LogP contribution is -2.38. The van der Waals surface area contributed by atoms with E-state index in [-0.39, 0.29) is 18.4 Å². The van der Waals surface area contributed by atoms with Crippen LogP contribution < -0.4 is 10.2 Å². The second-order valence-electron chi connectivity index (χ2n) is 7.07. The molecule has 1 aromatic heterocycles. The maximum Gasteiger partial charge on any atom is 0.330 e. The van der Waals surface area contributed by atoms with Crippen molar-refractivity contribution in [2.45, 2.75) is 31.8 Å². The minimum Gasteiger partial charge on any atom is -0.370 e. The van der Waals surface area contributed by atoms with E-state index in [0.29, 0.717) is 37.2 Å². The Labute approximate surface area is 171 Å². The zero-order valence-corrected chi connectivity index (χ0v) is 16.1. The van der Waals surface area contributed by atoms with Gasteiger partial charge in [0.05, 0.1) is 12.8 Å². The average Bonchev–Trinajstić information content (AvgIpc) is 2.74. The summed E-state index contributed by atoms with van der Waals surface area (Å²) in [6, 6.07) is 6.49. The SMILES string of the molecule is O=C(Nc1cccc(COCC(F)(F)C(F)F)c1)C1CCN(c2cnccn2)CC1. The van der Waals surface area contributed by atoms with Crippen LogP contribution in [0.4, 0.5) is 29.1 Å². The summed E-state index contributed by atoms with van der Waals surface area (Å²) in [5.41, 5.74) is 0.994. The van der Waals surface area contributed by atoms with E-state index in [9.17, 15) is 22.4 Å². The predicted molar refractivity (Wildman–Crippen MR) is 103 cm³/mol. The fraction of sp³-hybridized carbons (Fsp3) is 0.450. The van der Waals surface area contributed by atoms with Crippen molar-refractivity contribution in [2.75, 3.05) is 29.9 Å². The zero-order valence-electron chi connectivity index (χ0n) is 16.1. The number of halogens is 4. The van der Waals surface area contributed by atoms with Gasteiger partial charge in [-0.15, -0.1) is 0 Å². The van der Waals surface area contributed by atoms with Crippen LogP contribution in [-0.2, 0) is 16.1 Å². The number of rotatable bonds is 8. The van der Waals surface area contributed by atoms with Gasteiger partial charge >= 0.3 is 12.3 Å². The third-order valence-corrected chi connectivity index (χ3v) is 4.82. The molecule has 0 unspecified atom stereocenters. The van der Waals surface area contributed by atoms with Crippen molar-refractivity contribution in [3.05, 3.63) is 48.4 Å². The lowest BCUT2D eigenvalue weighted by atomic mass is 9.96. The highest BCUT2D eigenvalue weighted by Gasteiger charge is 2.40. The van der Waals surface area contributed by atoms with Crippen molar-refractivity contribution in [1.29, 1.82) is 0 Å². The zero-order chi connectivity index (χ0) is 21.6. The molecule has 30 heavy (non-hydrogen) atoms. The van der Waals surface area contributed by atoms with Gasteiger partial charge in [0.1, 0.15) is 12.4 Å². The van der Waals surface area contributed by atoms with E-state index in [2.05, 4.69) is 20.2 Å². The Kier molecular flexibility index (Phi) is 7.20.